The van der Waals surface area contributed by atoms with E-state index in [1.165, 1.54) is 5.56 Å². The van der Waals surface area contributed by atoms with E-state index in [4.69, 9.17) is 0 Å². The van der Waals surface area contributed by atoms with Crippen molar-refractivity contribution >= 4 is 11.4 Å². The molecular formula is C25H21N5O. The maximum absolute atomic E-state index is 13.0. The van der Waals surface area contributed by atoms with E-state index in [2.05, 4.69) is 32.0 Å². The number of nitrogens with one attached hydrogen (secondary N) is 1. The topological polar surface area (TPSA) is 64.2 Å². The molecule has 0 spiro atoms. The highest BCUT2D eigenvalue weighted by Crippen LogP contribution is 2.25. The van der Waals surface area contributed by atoms with Crippen molar-refractivity contribution in [2.45, 2.75) is 13.1 Å². The maximum Gasteiger partial charge on any atom is 0.253 e. The molecule has 0 unspecified atom stereocenters. The standard InChI is InChI=1S/C25H21N5O/c31-25(27-15-20-9-6-11-26-14-20)21-13-24(30-12-5-4-10-23(21)30)22-17-29(18-28-22)16-19-7-2-1-3-8-19/h1-14,17-18H,15-16H2,(H,27,31). The van der Waals surface area contributed by atoms with Crippen molar-refractivity contribution in [3.05, 3.63) is 115 Å². The molecule has 1 N–H and O–H groups in total. The summed E-state index contributed by atoms with van der Waals surface area (Å²) in [5.41, 5.74) is 5.34. The van der Waals surface area contributed by atoms with Crippen molar-refractivity contribution in [1.29, 1.82) is 0 Å². The van der Waals surface area contributed by atoms with E-state index in [0.717, 1.165) is 29.0 Å². The molecule has 0 saturated heterocycles. The fourth-order valence-corrected chi connectivity index (χ4v) is 3.69. The van der Waals surface area contributed by atoms with Crippen LogP contribution in [0.25, 0.3) is 16.9 Å². The second kappa shape index (κ2) is 8.28. The van der Waals surface area contributed by atoms with Gasteiger partial charge in [0.1, 0.15) is 5.69 Å². The lowest BCUT2D eigenvalue weighted by molar-refractivity contribution is 0.0952. The first-order valence-electron chi connectivity index (χ1n) is 10.1. The highest BCUT2D eigenvalue weighted by atomic mass is 16.1. The Labute approximate surface area is 179 Å². The minimum absolute atomic E-state index is 0.123. The van der Waals surface area contributed by atoms with Gasteiger partial charge in [0.15, 0.2) is 0 Å². The first-order chi connectivity index (χ1) is 15.3. The van der Waals surface area contributed by atoms with Gasteiger partial charge in [0.05, 0.1) is 23.1 Å². The molecule has 0 atom stereocenters. The third-order valence-corrected chi connectivity index (χ3v) is 5.20. The van der Waals surface area contributed by atoms with Crippen molar-refractivity contribution in [3.63, 3.8) is 0 Å². The molecular weight excluding hydrogens is 386 g/mol. The van der Waals surface area contributed by atoms with Gasteiger partial charge in [-0.15, -0.1) is 0 Å². The van der Waals surface area contributed by atoms with Gasteiger partial charge in [0, 0.05) is 37.9 Å². The van der Waals surface area contributed by atoms with Crippen LogP contribution in [0.4, 0.5) is 0 Å². The largest absolute Gasteiger partial charge is 0.348 e. The number of hydrogen-bond donors (Lipinski definition) is 1. The summed E-state index contributed by atoms with van der Waals surface area (Å²) in [5.74, 6) is -0.123. The Kier molecular flexibility index (Phi) is 5.02. The molecule has 0 fully saturated rings. The highest BCUT2D eigenvalue weighted by molar-refractivity contribution is 6.02. The zero-order valence-corrected chi connectivity index (χ0v) is 16.8. The van der Waals surface area contributed by atoms with Crippen LogP contribution in [0, 0.1) is 0 Å². The fourth-order valence-electron chi connectivity index (χ4n) is 3.69. The van der Waals surface area contributed by atoms with Crippen LogP contribution in [0.5, 0.6) is 0 Å². The third kappa shape index (κ3) is 3.96. The summed E-state index contributed by atoms with van der Waals surface area (Å²) < 4.78 is 4.06. The Balaban J connectivity index is 1.43. The predicted molar refractivity (Wildman–Crippen MR) is 120 cm³/mol. The fraction of sp³-hybridized carbons (Fsp3) is 0.0800. The highest BCUT2D eigenvalue weighted by Gasteiger charge is 2.17. The van der Waals surface area contributed by atoms with Gasteiger partial charge in [-0.05, 0) is 35.4 Å². The lowest BCUT2D eigenvalue weighted by Gasteiger charge is -2.04. The van der Waals surface area contributed by atoms with Crippen molar-refractivity contribution in [3.8, 4) is 11.4 Å². The van der Waals surface area contributed by atoms with E-state index in [1.807, 2.05) is 77.7 Å². The molecule has 31 heavy (non-hydrogen) atoms. The summed E-state index contributed by atoms with van der Waals surface area (Å²) in [5, 5.41) is 2.99. The van der Waals surface area contributed by atoms with Gasteiger partial charge >= 0.3 is 0 Å². The minimum atomic E-state index is -0.123. The van der Waals surface area contributed by atoms with Crippen LogP contribution in [0.3, 0.4) is 0 Å². The van der Waals surface area contributed by atoms with Gasteiger partial charge in [-0.2, -0.15) is 0 Å². The molecule has 152 valence electrons. The van der Waals surface area contributed by atoms with Crippen LogP contribution in [-0.2, 0) is 13.1 Å². The monoisotopic (exact) mass is 407 g/mol. The second-order valence-electron chi connectivity index (χ2n) is 7.36. The zero-order valence-electron chi connectivity index (χ0n) is 16.8. The van der Waals surface area contributed by atoms with Crippen LogP contribution in [0.2, 0.25) is 0 Å². The number of aromatic nitrogens is 4. The van der Waals surface area contributed by atoms with Crippen LogP contribution in [0.15, 0.2) is 97.8 Å². The predicted octanol–water partition coefficient (Wildman–Crippen LogP) is 4.18. The number of rotatable bonds is 6. The first kappa shape index (κ1) is 18.8. The molecule has 6 heteroatoms. The lowest BCUT2D eigenvalue weighted by atomic mass is 10.2. The molecule has 0 aliphatic rings. The van der Waals surface area contributed by atoms with E-state index in [0.29, 0.717) is 12.1 Å². The minimum Gasteiger partial charge on any atom is -0.348 e. The normalized spacial score (nSPS) is 11.0. The van der Waals surface area contributed by atoms with Crippen molar-refractivity contribution < 1.29 is 4.79 Å². The Morgan fingerprint density at radius 3 is 2.65 bits per heavy atom. The first-order valence-corrected chi connectivity index (χ1v) is 10.1. The van der Waals surface area contributed by atoms with Gasteiger partial charge in [-0.25, -0.2) is 4.98 Å². The van der Waals surface area contributed by atoms with Gasteiger partial charge < -0.3 is 14.3 Å². The SMILES string of the molecule is O=C(NCc1cccnc1)c1cc(-c2cn(Cc3ccccc3)cn2)n2ccccc12. The number of nitrogens with zero attached hydrogens (tertiary/aromatic N) is 4. The molecule has 0 bridgehead atoms. The van der Waals surface area contributed by atoms with Gasteiger partial charge in [-0.3, -0.25) is 9.78 Å². The van der Waals surface area contributed by atoms with Crippen LogP contribution in [-0.4, -0.2) is 24.8 Å². The average Bonchev–Trinajstić information content (AvgIpc) is 3.43. The Hall–Kier alpha value is -4.19. The Bertz CT molecular complexity index is 1320. The summed E-state index contributed by atoms with van der Waals surface area (Å²) >= 11 is 0. The van der Waals surface area contributed by atoms with E-state index in [1.54, 1.807) is 12.4 Å². The molecule has 5 rings (SSSR count). The van der Waals surface area contributed by atoms with Crippen molar-refractivity contribution in [1.82, 2.24) is 24.3 Å². The summed E-state index contributed by atoms with van der Waals surface area (Å²) in [7, 11) is 0. The number of pyridine rings is 2. The molecule has 6 nitrogen and oxygen atoms in total. The van der Waals surface area contributed by atoms with Crippen molar-refractivity contribution in [2.75, 3.05) is 0 Å². The van der Waals surface area contributed by atoms with Gasteiger partial charge in [0.25, 0.3) is 5.91 Å². The summed E-state index contributed by atoms with van der Waals surface area (Å²) in [6.45, 7) is 1.17. The molecule has 4 aromatic heterocycles. The number of carbonyl (C=O) groups excluding carboxylic acids is 1. The molecule has 0 aliphatic heterocycles. The number of imidazole rings is 1. The summed E-state index contributed by atoms with van der Waals surface area (Å²) in [4.78, 5) is 21.6. The van der Waals surface area contributed by atoms with E-state index in [9.17, 15) is 4.79 Å². The summed E-state index contributed by atoms with van der Waals surface area (Å²) in [6, 6.07) is 21.8. The summed E-state index contributed by atoms with van der Waals surface area (Å²) in [6.07, 6.45) is 9.27. The van der Waals surface area contributed by atoms with Crippen LogP contribution >= 0.6 is 0 Å². The third-order valence-electron chi connectivity index (χ3n) is 5.20. The van der Waals surface area contributed by atoms with Gasteiger partial charge in [-0.1, -0.05) is 42.5 Å². The molecule has 0 radical (unpaired) electrons. The van der Waals surface area contributed by atoms with E-state index >= 15 is 0 Å². The number of amides is 1. The molecule has 1 aromatic carbocycles. The zero-order chi connectivity index (χ0) is 21.0. The smallest absolute Gasteiger partial charge is 0.253 e. The number of fused-ring (bicyclic) bond motifs is 1. The molecule has 1 amide bonds. The quantitative estimate of drug-likeness (QED) is 0.459. The maximum atomic E-state index is 13.0. The Morgan fingerprint density at radius 2 is 1.81 bits per heavy atom. The number of carbonyl (C=O) groups is 1. The van der Waals surface area contributed by atoms with Crippen LogP contribution in [0.1, 0.15) is 21.5 Å². The molecule has 0 aliphatic carbocycles. The number of hydrogen-bond acceptors (Lipinski definition) is 3. The molecule has 5 aromatic rings. The lowest BCUT2D eigenvalue weighted by Crippen LogP contribution is -2.22. The van der Waals surface area contributed by atoms with Gasteiger partial charge in [0.2, 0.25) is 0 Å². The molecule has 0 saturated carbocycles. The van der Waals surface area contributed by atoms with E-state index < -0.39 is 0 Å². The molecule has 4 heterocycles. The van der Waals surface area contributed by atoms with Crippen LogP contribution < -0.4 is 5.32 Å². The average molecular weight is 407 g/mol. The second-order valence-corrected chi connectivity index (χ2v) is 7.36. The van der Waals surface area contributed by atoms with E-state index in [-0.39, 0.29) is 5.91 Å². The Morgan fingerprint density at radius 1 is 0.968 bits per heavy atom. The number of benzene rings is 1. The van der Waals surface area contributed by atoms with Crippen molar-refractivity contribution in [2.24, 2.45) is 0 Å².